The van der Waals surface area contributed by atoms with E-state index in [2.05, 4.69) is 16.4 Å². The number of carbonyl (C=O) groups excluding carboxylic acids is 1. The molecule has 1 heterocycles. The van der Waals surface area contributed by atoms with Crippen LogP contribution in [0.3, 0.4) is 0 Å². The fourth-order valence-electron chi connectivity index (χ4n) is 5.82. The Labute approximate surface area is 187 Å². The fraction of sp³-hybridized carbons (Fsp3) is 0.385. The second-order valence-electron chi connectivity index (χ2n) is 9.27. The molecule has 3 nitrogen and oxygen atoms in total. The highest BCUT2D eigenvalue weighted by Gasteiger charge is 2.44. The Balaban J connectivity index is 1.24. The van der Waals surface area contributed by atoms with E-state index in [1.807, 2.05) is 25.3 Å². The first-order chi connectivity index (χ1) is 15.0. The summed E-state index contributed by atoms with van der Waals surface area (Å²) in [4.78, 5) is 17.2. The maximum Gasteiger partial charge on any atom is 0.227 e. The molecule has 0 aliphatic heterocycles. The average molecular weight is 437 g/mol. The van der Waals surface area contributed by atoms with Gasteiger partial charge in [-0.2, -0.15) is 0 Å². The lowest BCUT2D eigenvalue weighted by Crippen LogP contribution is -2.26. The minimum Gasteiger partial charge on any atom is -0.326 e. The van der Waals surface area contributed by atoms with Crippen LogP contribution >= 0.6 is 11.6 Å². The first-order valence-corrected chi connectivity index (χ1v) is 11.5. The average Bonchev–Trinajstić information content (AvgIpc) is 3.33. The van der Waals surface area contributed by atoms with Crippen LogP contribution in [0.4, 0.5) is 10.1 Å². The zero-order valence-corrected chi connectivity index (χ0v) is 18.3. The van der Waals surface area contributed by atoms with Crippen LogP contribution in [-0.2, 0) is 4.79 Å². The Morgan fingerprint density at radius 1 is 1.06 bits per heavy atom. The van der Waals surface area contributed by atoms with Gasteiger partial charge in [0.1, 0.15) is 5.82 Å². The summed E-state index contributed by atoms with van der Waals surface area (Å²) in [6.07, 6.45) is 6.25. The number of hydrogen-bond donors (Lipinski definition) is 1. The van der Waals surface area contributed by atoms with Gasteiger partial charge in [-0.3, -0.25) is 9.78 Å². The van der Waals surface area contributed by atoms with Gasteiger partial charge < -0.3 is 5.32 Å². The molecule has 4 unspecified atom stereocenters. The third kappa shape index (κ3) is 4.06. The van der Waals surface area contributed by atoms with Crippen molar-refractivity contribution in [1.29, 1.82) is 0 Å². The van der Waals surface area contributed by atoms with E-state index in [0.29, 0.717) is 28.7 Å². The van der Waals surface area contributed by atoms with Crippen molar-refractivity contribution in [2.45, 2.75) is 38.5 Å². The van der Waals surface area contributed by atoms with Gasteiger partial charge in [0.05, 0.1) is 5.52 Å². The predicted molar refractivity (Wildman–Crippen MR) is 123 cm³/mol. The number of hydrogen-bond acceptors (Lipinski definition) is 2. The molecule has 0 radical (unpaired) electrons. The van der Waals surface area contributed by atoms with Gasteiger partial charge in [-0.15, -0.1) is 0 Å². The lowest BCUT2D eigenvalue weighted by atomic mass is 9.86. The van der Waals surface area contributed by atoms with Crippen molar-refractivity contribution < 1.29 is 9.18 Å². The van der Waals surface area contributed by atoms with Crippen LogP contribution in [0.1, 0.15) is 44.1 Å². The van der Waals surface area contributed by atoms with Crippen molar-refractivity contribution in [3.8, 4) is 0 Å². The Hall–Kier alpha value is -2.46. The number of aromatic nitrogens is 1. The summed E-state index contributed by atoms with van der Waals surface area (Å²) in [6.45, 7) is 2.05. The van der Waals surface area contributed by atoms with Crippen molar-refractivity contribution in [3.05, 3.63) is 71.1 Å². The molecule has 0 saturated heterocycles. The Bertz CT molecular complexity index is 1100. The molecular formula is C26H26ClFN2O. The standard InChI is InChI=1S/C26H26ClFN2O/c1-15(26(31)30-22-5-2-20(27)3-6-22)16-10-17-12-19(13-18(17)11-16)23-8-9-29-25-7-4-21(28)14-24(23)25/h2-9,14-19H,10-13H2,1H3,(H,30,31)/t15?,16?,17-,18?,19?/m0/s1. The molecule has 3 aromatic rings. The quantitative estimate of drug-likeness (QED) is 0.487. The Morgan fingerprint density at radius 3 is 2.48 bits per heavy atom. The molecule has 2 aromatic carbocycles. The van der Waals surface area contributed by atoms with Crippen molar-refractivity contribution >= 4 is 34.1 Å². The van der Waals surface area contributed by atoms with Crippen LogP contribution in [-0.4, -0.2) is 10.9 Å². The summed E-state index contributed by atoms with van der Waals surface area (Å²) >= 11 is 5.93. The van der Waals surface area contributed by atoms with E-state index in [1.165, 1.54) is 11.6 Å². The number of rotatable bonds is 4. The number of pyridine rings is 1. The first-order valence-electron chi connectivity index (χ1n) is 11.1. The van der Waals surface area contributed by atoms with E-state index in [1.54, 1.807) is 24.3 Å². The summed E-state index contributed by atoms with van der Waals surface area (Å²) in [6, 6.07) is 14.2. The number of fused-ring (bicyclic) bond motifs is 2. The molecular weight excluding hydrogens is 411 g/mol. The van der Waals surface area contributed by atoms with Crippen molar-refractivity contribution in [2.24, 2.45) is 23.7 Å². The number of nitrogens with zero attached hydrogens (tertiary/aromatic N) is 1. The topological polar surface area (TPSA) is 42.0 Å². The van der Waals surface area contributed by atoms with E-state index in [0.717, 1.165) is 42.3 Å². The molecule has 2 aliphatic rings. The van der Waals surface area contributed by atoms with Gasteiger partial charge in [0.2, 0.25) is 5.91 Å². The van der Waals surface area contributed by atoms with E-state index in [4.69, 9.17) is 11.6 Å². The minimum atomic E-state index is -0.208. The normalized spacial score (nSPS) is 26.0. The summed E-state index contributed by atoms with van der Waals surface area (Å²) in [7, 11) is 0. The van der Waals surface area contributed by atoms with Crippen LogP contribution in [0.5, 0.6) is 0 Å². The second kappa shape index (κ2) is 8.23. The Morgan fingerprint density at radius 2 is 1.77 bits per heavy atom. The smallest absolute Gasteiger partial charge is 0.227 e. The Kier molecular flexibility index (Phi) is 5.43. The van der Waals surface area contributed by atoms with Gasteiger partial charge in [-0.05, 0) is 103 Å². The molecule has 2 saturated carbocycles. The van der Waals surface area contributed by atoms with Crippen LogP contribution in [0.25, 0.3) is 10.9 Å². The van der Waals surface area contributed by atoms with Gasteiger partial charge in [-0.1, -0.05) is 18.5 Å². The first kappa shape index (κ1) is 20.4. The van der Waals surface area contributed by atoms with Crippen molar-refractivity contribution in [2.75, 3.05) is 5.32 Å². The SMILES string of the molecule is CC(C(=O)Nc1ccc(Cl)cc1)C1CC2CC(c3ccnc4ccc(F)cc34)C[C@@H]2C1. The highest BCUT2D eigenvalue weighted by atomic mass is 35.5. The second-order valence-corrected chi connectivity index (χ2v) is 9.70. The van der Waals surface area contributed by atoms with Gasteiger partial charge in [0.15, 0.2) is 0 Å². The molecule has 5 heteroatoms. The van der Waals surface area contributed by atoms with Gasteiger partial charge in [0.25, 0.3) is 0 Å². The molecule has 1 N–H and O–H groups in total. The minimum absolute atomic E-state index is 0.0180. The molecule has 1 amide bonds. The van der Waals surface area contributed by atoms with Crippen LogP contribution < -0.4 is 5.32 Å². The third-order valence-corrected chi connectivity index (χ3v) is 7.71. The molecule has 1 aromatic heterocycles. The van der Waals surface area contributed by atoms with Gasteiger partial charge in [-0.25, -0.2) is 4.39 Å². The highest BCUT2D eigenvalue weighted by Crippen LogP contribution is 2.54. The number of benzene rings is 2. The number of nitrogens with one attached hydrogen (secondary N) is 1. The molecule has 2 aliphatic carbocycles. The number of carbonyl (C=O) groups is 1. The summed E-state index contributed by atoms with van der Waals surface area (Å²) in [5.74, 6) is 1.99. The highest BCUT2D eigenvalue weighted by molar-refractivity contribution is 6.30. The largest absolute Gasteiger partial charge is 0.326 e. The van der Waals surface area contributed by atoms with Crippen molar-refractivity contribution in [3.63, 3.8) is 0 Å². The zero-order valence-electron chi connectivity index (χ0n) is 17.5. The van der Waals surface area contributed by atoms with Crippen LogP contribution in [0, 0.1) is 29.5 Å². The molecule has 31 heavy (non-hydrogen) atoms. The molecule has 5 atom stereocenters. The van der Waals surface area contributed by atoms with Crippen LogP contribution in [0.15, 0.2) is 54.7 Å². The molecule has 2 fully saturated rings. The predicted octanol–water partition coefficient (Wildman–Crippen LogP) is 6.82. The molecule has 0 bridgehead atoms. The summed E-state index contributed by atoms with van der Waals surface area (Å²) < 4.78 is 13.9. The number of anilines is 1. The maximum atomic E-state index is 13.9. The van der Waals surface area contributed by atoms with Crippen LogP contribution in [0.2, 0.25) is 5.02 Å². The third-order valence-electron chi connectivity index (χ3n) is 7.46. The summed E-state index contributed by atoms with van der Waals surface area (Å²) in [5, 5.41) is 4.64. The molecule has 0 spiro atoms. The van der Waals surface area contributed by atoms with Crippen molar-refractivity contribution in [1.82, 2.24) is 4.98 Å². The van der Waals surface area contributed by atoms with E-state index in [9.17, 15) is 9.18 Å². The summed E-state index contributed by atoms with van der Waals surface area (Å²) in [5.41, 5.74) is 2.88. The maximum absolute atomic E-state index is 13.9. The number of amides is 1. The van der Waals surface area contributed by atoms with E-state index in [-0.39, 0.29) is 17.6 Å². The number of halogens is 2. The zero-order chi connectivity index (χ0) is 21.5. The van der Waals surface area contributed by atoms with E-state index >= 15 is 0 Å². The van der Waals surface area contributed by atoms with Gasteiger partial charge in [0, 0.05) is 28.2 Å². The molecule has 5 rings (SSSR count). The lowest BCUT2D eigenvalue weighted by molar-refractivity contribution is -0.120. The fourth-order valence-corrected chi connectivity index (χ4v) is 5.95. The van der Waals surface area contributed by atoms with Gasteiger partial charge >= 0.3 is 0 Å². The van der Waals surface area contributed by atoms with E-state index < -0.39 is 0 Å². The molecule has 160 valence electrons. The monoisotopic (exact) mass is 436 g/mol. The lowest BCUT2D eigenvalue weighted by Gasteiger charge is -2.21.